The first-order valence-corrected chi connectivity index (χ1v) is 7.94. The summed E-state index contributed by atoms with van der Waals surface area (Å²) in [6, 6.07) is -0.272. The molecule has 1 fully saturated rings. The third kappa shape index (κ3) is 3.15. The largest absolute Gasteiger partial charge is 0.347 e. The van der Waals surface area contributed by atoms with Crippen LogP contribution in [-0.2, 0) is 6.42 Å². The number of alkyl halides is 1. The van der Waals surface area contributed by atoms with Crippen molar-refractivity contribution in [3.05, 3.63) is 17.2 Å². The number of nitrogens with zero attached hydrogens (tertiary/aromatic N) is 4. The van der Waals surface area contributed by atoms with Crippen molar-refractivity contribution in [2.24, 2.45) is 5.92 Å². The van der Waals surface area contributed by atoms with Crippen LogP contribution in [0.1, 0.15) is 26.1 Å². The van der Waals surface area contributed by atoms with Crippen molar-refractivity contribution in [3.63, 3.8) is 0 Å². The molecule has 1 aliphatic heterocycles. The second-order valence-electron chi connectivity index (χ2n) is 6.06. The number of nitrogens with one attached hydrogen (secondary N) is 2. The topological polar surface area (TPSA) is 67.1 Å². The first-order chi connectivity index (χ1) is 10.5. The Labute approximate surface area is 133 Å². The van der Waals surface area contributed by atoms with E-state index in [0.717, 1.165) is 18.8 Å². The van der Waals surface area contributed by atoms with Crippen molar-refractivity contribution >= 4 is 23.1 Å². The van der Waals surface area contributed by atoms with Crippen LogP contribution < -0.4 is 10.6 Å². The van der Waals surface area contributed by atoms with E-state index in [0.29, 0.717) is 35.5 Å². The summed E-state index contributed by atoms with van der Waals surface area (Å²) in [6.07, 6.45) is 2.15. The zero-order valence-electron chi connectivity index (χ0n) is 12.7. The van der Waals surface area contributed by atoms with Crippen molar-refractivity contribution in [3.8, 4) is 0 Å². The van der Waals surface area contributed by atoms with Crippen LogP contribution in [-0.4, -0.2) is 44.9 Å². The molecule has 0 aliphatic carbocycles. The molecule has 6 nitrogen and oxygen atoms in total. The summed E-state index contributed by atoms with van der Waals surface area (Å²) < 4.78 is 15.6. The van der Waals surface area contributed by atoms with E-state index < -0.39 is 6.17 Å². The van der Waals surface area contributed by atoms with Crippen LogP contribution in [0.2, 0.25) is 5.15 Å². The minimum absolute atomic E-state index is 0.272. The summed E-state index contributed by atoms with van der Waals surface area (Å²) in [7, 11) is 0. The molecule has 0 amide bonds. The van der Waals surface area contributed by atoms with E-state index in [1.807, 2.05) is 0 Å². The predicted octanol–water partition coefficient (Wildman–Crippen LogP) is 2.09. The SMILES string of the molecule is CC(C)Cc1nc(Cl)c2cnc(N[C@H]3CCNC[C@H]3F)nn12. The highest BCUT2D eigenvalue weighted by molar-refractivity contribution is 6.32. The fourth-order valence-corrected chi connectivity index (χ4v) is 2.85. The molecular weight excluding hydrogens is 307 g/mol. The fourth-order valence-electron chi connectivity index (χ4n) is 2.62. The van der Waals surface area contributed by atoms with E-state index in [1.54, 1.807) is 10.7 Å². The van der Waals surface area contributed by atoms with Gasteiger partial charge in [-0.3, -0.25) is 0 Å². The molecule has 0 unspecified atom stereocenters. The molecule has 3 heterocycles. The van der Waals surface area contributed by atoms with E-state index in [9.17, 15) is 4.39 Å². The normalized spacial score (nSPS) is 22.4. The van der Waals surface area contributed by atoms with Gasteiger partial charge in [-0.25, -0.2) is 18.9 Å². The zero-order chi connectivity index (χ0) is 15.7. The van der Waals surface area contributed by atoms with Crippen LogP contribution in [0.15, 0.2) is 6.20 Å². The molecule has 0 spiro atoms. The summed E-state index contributed by atoms with van der Waals surface area (Å²) in [5, 5.41) is 10.9. The Kier molecular flexibility index (Phi) is 4.44. The molecule has 0 saturated carbocycles. The van der Waals surface area contributed by atoms with Crippen molar-refractivity contribution in [1.82, 2.24) is 24.9 Å². The Morgan fingerprint density at radius 1 is 1.55 bits per heavy atom. The minimum atomic E-state index is -0.949. The van der Waals surface area contributed by atoms with Crippen LogP contribution in [0, 0.1) is 5.92 Å². The average molecular weight is 327 g/mol. The number of halogens is 2. The molecular formula is C14H20ClFN6. The molecule has 22 heavy (non-hydrogen) atoms. The highest BCUT2D eigenvalue weighted by Gasteiger charge is 2.25. The van der Waals surface area contributed by atoms with Crippen molar-refractivity contribution in [2.45, 2.75) is 38.9 Å². The monoisotopic (exact) mass is 326 g/mol. The molecule has 0 bridgehead atoms. The lowest BCUT2D eigenvalue weighted by atomic mass is 10.1. The number of imidazole rings is 1. The van der Waals surface area contributed by atoms with Gasteiger partial charge in [-0.1, -0.05) is 25.4 Å². The summed E-state index contributed by atoms with van der Waals surface area (Å²) in [5.74, 6) is 1.64. The van der Waals surface area contributed by atoms with Crippen molar-refractivity contribution < 1.29 is 4.39 Å². The number of fused-ring (bicyclic) bond motifs is 1. The quantitative estimate of drug-likeness (QED) is 0.900. The van der Waals surface area contributed by atoms with Gasteiger partial charge >= 0.3 is 0 Å². The lowest BCUT2D eigenvalue weighted by Crippen LogP contribution is -2.45. The second kappa shape index (κ2) is 6.34. The highest BCUT2D eigenvalue weighted by Crippen LogP contribution is 2.20. The molecule has 1 saturated heterocycles. The molecule has 2 aromatic rings. The first kappa shape index (κ1) is 15.4. The summed E-state index contributed by atoms with van der Waals surface area (Å²) in [6.45, 7) is 5.36. The van der Waals surface area contributed by atoms with E-state index in [2.05, 4.69) is 39.5 Å². The Bertz CT molecular complexity index is 658. The Morgan fingerprint density at radius 3 is 3.09 bits per heavy atom. The van der Waals surface area contributed by atoms with Crippen molar-refractivity contribution in [1.29, 1.82) is 0 Å². The van der Waals surface area contributed by atoms with Gasteiger partial charge in [-0.05, 0) is 18.9 Å². The molecule has 8 heteroatoms. The third-order valence-electron chi connectivity index (χ3n) is 3.73. The summed E-state index contributed by atoms with van der Waals surface area (Å²) >= 11 is 6.13. The van der Waals surface area contributed by atoms with E-state index in [4.69, 9.17) is 11.6 Å². The zero-order valence-corrected chi connectivity index (χ0v) is 13.4. The molecule has 0 aromatic carbocycles. The van der Waals surface area contributed by atoms with Gasteiger partial charge in [0.15, 0.2) is 5.15 Å². The fraction of sp³-hybridized carbons (Fsp3) is 0.643. The Morgan fingerprint density at radius 2 is 2.36 bits per heavy atom. The van der Waals surface area contributed by atoms with E-state index >= 15 is 0 Å². The van der Waals surface area contributed by atoms with Gasteiger partial charge in [0.2, 0.25) is 5.95 Å². The molecule has 1 aliphatic rings. The van der Waals surface area contributed by atoms with E-state index in [1.165, 1.54) is 0 Å². The number of hydrogen-bond donors (Lipinski definition) is 2. The molecule has 0 radical (unpaired) electrons. The standard InChI is InChI=1S/C14H20ClFN6/c1-8(2)5-12-20-13(15)11-7-18-14(21-22(11)12)19-10-3-4-17-6-9(10)16/h7-10,17H,3-6H2,1-2H3,(H,19,21)/t9-,10+/m1/s1. The maximum Gasteiger partial charge on any atom is 0.241 e. The number of rotatable bonds is 4. The molecule has 3 rings (SSSR count). The maximum absolute atomic E-state index is 13.9. The molecule has 2 aromatic heterocycles. The predicted molar refractivity (Wildman–Crippen MR) is 84.1 cm³/mol. The Hall–Kier alpha value is -1.47. The lowest BCUT2D eigenvalue weighted by molar-refractivity contribution is 0.244. The second-order valence-corrected chi connectivity index (χ2v) is 6.41. The maximum atomic E-state index is 13.9. The molecule has 2 atom stereocenters. The summed E-state index contributed by atoms with van der Waals surface area (Å²) in [4.78, 5) is 8.58. The smallest absolute Gasteiger partial charge is 0.241 e. The summed E-state index contributed by atoms with van der Waals surface area (Å²) in [5.41, 5.74) is 0.671. The van der Waals surface area contributed by atoms with Crippen molar-refractivity contribution in [2.75, 3.05) is 18.4 Å². The molecule has 120 valence electrons. The average Bonchev–Trinajstić information content (AvgIpc) is 2.77. The van der Waals surface area contributed by atoms with Gasteiger partial charge in [0.05, 0.1) is 12.2 Å². The van der Waals surface area contributed by atoms with Crippen LogP contribution in [0.25, 0.3) is 5.52 Å². The van der Waals surface area contributed by atoms with Gasteiger partial charge in [-0.2, -0.15) is 0 Å². The van der Waals surface area contributed by atoms with Crippen LogP contribution in [0.4, 0.5) is 10.3 Å². The first-order valence-electron chi connectivity index (χ1n) is 7.56. The van der Waals surface area contributed by atoms with Gasteiger partial charge in [0.25, 0.3) is 0 Å². The van der Waals surface area contributed by atoms with Gasteiger partial charge < -0.3 is 10.6 Å². The van der Waals surface area contributed by atoms with Crippen LogP contribution in [0.3, 0.4) is 0 Å². The Balaban J connectivity index is 1.87. The number of anilines is 1. The molecule has 2 N–H and O–H groups in total. The third-order valence-corrected chi connectivity index (χ3v) is 4.01. The number of piperidine rings is 1. The van der Waals surface area contributed by atoms with Crippen LogP contribution >= 0.6 is 11.6 Å². The lowest BCUT2D eigenvalue weighted by Gasteiger charge is -2.27. The van der Waals surface area contributed by atoms with Crippen LogP contribution in [0.5, 0.6) is 0 Å². The van der Waals surface area contributed by atoms with E-state index in [-0.39, 0.29) is 6.04 Å². The number of aromatic nitrogens is 4. The van der Waals surface area contributed by atoms with Gasteiger partial charge in [0.1, 0.15) is 17.5 Å². The highest BCUT2D eigenvalue weighted by atomic mass is 35.5. The minimum Gasteiger partial charge on any atom is -0.347 e. The van der Waals surface area contributed by atoms with Gasteiger partial charge in [-0.15, -0.1) is 5.10 Å². The van der Waals surface area contributed by atoms with Gasteiger partial charge in [0, 0.05) is 13.0 Å². The number of hydrogen-bond acceptors (Lipinski definition) is 5.